The van der Waals surface area contributed by atoms with Crippen LogP contribution in [0, 0.1) is 6.92 Å². The molecular formula is C6H7Cl2N3O. The Labute approximate surface area is 79.9 Å². The minimum absolute atomic E-state index is 0.435. The first-order chi connectivity index (χ1) is 5.66. The number of aromatic nitrogens is 1. The fraction of sp³-hybridized carbons (Fsp3) is 0.500. The molecule has 12 heavy (non-hydrogen) atoms. The summed E-state index contributed by atoms with van der Waals surface area (Å²) in [6.07, 6.45) is 0. The molecule has 0 saturated heterocycles. The van der Waals surface area contributed by atoms with Crippen LogP contribution in [0.25, 0.3) is 0 Å². The van der Waals surface area contributed by atoms with E-state index in [1.165, 1.54) is 8.84 Å². The van der Waals surface area contributed by atoms with Gasteiger partial charge in [0.05, 0.1) is 6.54 Å². The summed E-state index contributed by atoms with van der Waals surface area (Å²) < 4.78 is 8.21. The van der Waals surface area contributed by atoms with Crippen molar-refractivity contribution in [3.63, 3.8) is 0 Å². The number of fused-ring (bicyclic) bond motifs is 1. The Kier molecular flexibility index (Phi) is 1.90. The van der Waals surface area contributed by atoms with E-state index in [2.05, 4.69) is 4.98 Å². The summed E-state index contributed by atoms with van der Waals surface area (Å²) in [5, 5.41) is 0. The van der Waals surface area contributed by atoms with Crippen LogP contribution in [0.2, 0.25) is 0 Å². The predicted octanol–water partition coefficient (Wildman–Crippen LogP) is 1.87. The van der Waals surface area contributed by atoms with Gasteiger partial charge < -0.3 is 4.42 Å². The molecule has 1 aliphatic rings. The molecule has 0 radical (unpaired) electrons. The van der Waals surface area contributed by atoms with Crippen LogP contribution < -0.4 is 4.42 Å². The summed E-state index contributed by atoms with van der Waals surface area (Å²) in [6, 6.07) is 0. The van der Waals surface area contributed by atoms with Gasteiger partial charge in [0.25, 0.3) is 0 Å². The highest BCUT2D eigenvalue weighted by molar-refractivity contribution is 6.26. The minimum Gasteiger partial charge on any atom is -0.424 e. The molecule has 2 heterocycles. The van der Waals surface area contributed by atoms with E-state index in [1.807, 2.05) is 0 Å². The second-order valence-corrected chi connectivity index (χ2v) is 3.50. The number of halogens is 2. The van der Waals surface area contributed by atoms with Crippen LogP contribution in [-0.4, -0.2) is 16.1 Å². The lowest BCUT2D eigenvalue weighted by molar-refractivity contribution is 0.419. The van der Waals surface area contributed by atoms with Gasteiger partial charge in [-0.3, -0.25) is 0 Å². The van der Waals surface area contributed by atoms with Crippen LogP contribution in [0.4, 0.5) is 5.88 Å². The van der Waals surface area contributed by atoms with E-state index in [0.717, 1.165) is 5.69 Å². The average Bonchev–Trinajstić information content (AvgIpc) is 2.29. The first-order valence-electron chi connectivity index (χ1n) is 3.47. The van der Waals surface area contributed by atoms with E-state index in [4.69, 9.17) is 28.0 Å². The van der Waals surface area contributed by atoms with Crippen molar-refractivity contribution in [2.75, 3.05) is 11.1 Å². The molecule has 0 aromatic carbocycles. The normalized spacial score (nSPS) is 18.1. The third-order valence-electron chi connectivity index (χ3n) is 1.60. The molecule has 0 spiro atoms. The van der Waals surface area contributed by atoms with Gasteiger partial charge in [0.15, 0.2) is 5.89 Å². The highest BCUT2D eigenvalue weighted by atomic mass is 35.5. The van der Waals surface area contributed by atoms with E-state index < -0.39 is 0 Å². The van der Waals surface area contributed by atoms with Crippen molar-refractivity contribution in [3.05, 3.63) is 11.6 Å². The minimum atomic E-state index is 0.435. The van der Waals surface area contributed by atoms with Crippen LogP contribution >= 0.6 is 23.6 Å². The van der Waals surface area contributed by atoms with Crippen LogP contribution in [0.15, 0.2) is 4.42 Å². The number of nitrogens with zero attached hydrogens (tertiary/aromatic N) is 3. The molecule has 1 aliphatic heterocycles. The zero-order chi connectivity index (χ0) is 8.72. The third kappa shape index (κ3) is 1.26. The number of hydrogen-bond donors (Lipinski definition) is 0. The molecule has 66 valence electrons. The molecule has 6 heteroatoms. The monoisotopic (exact) mass is 207 g/mol. The van der Waals surface area contributed by atoms with E-state index in [1.54, 1.807) is 6.92 Å². The molecule has 0 aliphatic carbocycles. The number of aryl methyl sites for hydroxylation is 1. The third-order valence-corrected chi connectivity index (χ3v) is 2.09. The number of anilines is 1. The van der Waals surface area contributed by atoms with E-state index in [-0.39, 0.29) is 0 Å². The van der Waals surface area contributed by atoms with Crippen LogP contribution in [0.1, 0.15) is 11.6 Å². The lowest BCUT2D eigenvalue weighted by atomic mass is 10.4. The molecule has 4 nitrogen and oxygen atoms in total. The van der Waals surface area contributed by atoms with Crippen molar-refractivity contribution in [1.29, 1.82) is 0 Å². The summed E-state index contributed by atoms with van der Waals surface area (Å²) in [6.45, 7) is 2.78. The Bertz CT molecular complexity index is 301. The Balaban J connectivity index is 2.40. The van der Waals surface area contributed by atoms with Gasteiger partial charge in [0.1, 0.15) is 12.4 Å². The van der Waals surface area contributed by atoms with Crippen molar-refractivity contribution in [3.8, 4) is 0 Å². The Morgan fingerprint density at radius 2 is 2.25 bits per heavy atom. The fourth-order valence-electron chi connectivity index (χ4n) is 1.16. The summed E-state index contributed by atoms with van der Waals surface area (Å²) in [7, 11) is 0. The van der Waals surface area contributed by atoms with Gasteiger partial charge in [0.2, 0.25) is 5.88 Å². The van der Waals surface area contributed by atoms with Crippen LogP contribution in [0.3, 0.4) is 0 Å². The molecule has 0 unspecified atom stereocenters. The molecule has 1 aromatic heterocycles. The van der Waals surface area contributed by atoms with Gasteiger partial charge in [-0.1, -0.05) is 0 Å². The fourth-order valence-corrected chi connectivity index (χ4v) is 1.70. The van der Waals surface area contributed by atoms with E-state index in [9.17, 15) is 0 Å². The lowest BCUT2D eigenvalue weighted by Crippen LogP contribution is -2.30. The number of hydrogen-bond acceptors (Lipinski definition) is 4. The van der Waals surface area contributed by atoms with Crippen LogP contribution in [-0.2, 0) is 6.54 Å². The van der Waals surface area contributed by atoms with Gasteiger partial charge in [0, 0.05) is 18.7 Å². The lowest BCUT2D eigenvalue weighted by Gasteiger charge is -2.24. The topological polar surface area (TPSA) is 32.5 Å². The Hall–Kier alpha value is -0.450. The maximum Gasteiger partial charge on any atom is 0.236 e. The van der Waals surface area contributed by atoms with Crippen molar-refractivity contribution >= 4 is 29.4 Å². The molecule has 2 rings (SSSR count). The summed E-state index contributed by atoms with van der Waals surface area (Å²) >= 11 is 11.6. The highest BCUT2D eigenvalue weighted by Crippen LogP contribution is 2.29. The summed E-state index contributed by atoms with van der Waals surface area (Å²) in [5.74, 6) is 1.21. The molecule has 0 bridgehead atoms. The van der Waals surface area contributed by atoms with Crippen LogP contribution in [0.5, 0.6) is 0 Å². The molecule has 0 saturated carbocycles. The Morgan fingerprint density at radius 1 is 1.50 bits per heavy atom. The zero-order valence-corrected chi connectivity index (χ0v) is 7.93. The SMILES string of the molecule is Cc1nc2c(o1)N(Cl)CN(Cl)C2. The molecule has 0 amide bonds. The van der Waals surface area contributed by atoms with Crippen molar-refractivity contribution in [2.24, 2.45) is 0 Å². The quantitative estimate of drug-likeness (QED) is 0.609. The van der Waals surface area contributed by atoms with E-state index >= 15 is 0 Å². The zero-order valence-electron chi connectivity index (χ0n) is 6.42. The summed E-state index contributed by atoms with van der Waals surface area (Å²) in [4.78, 5) is 4.13. The van der Waals surface area contributed by atoms with Gasteiger partial charge in [-0.05, 0) is 11.8 Å². The second-order valence-electron chi connectivity index (χ2n) is 2.61. The summed E-state index contributed by atoms with van der Waals surface area (Å²) in [5.41, 5.74) is 0.781. The number of rotatable bonds is 0. The first-order valence-corrected chi connectivity index (χ1v) is 4.15. The molecule has 0 N–H and O–H groups in total. The molecule has 1 aromatic rings. The van der Waals surface area contributed by atoms with Crippen molar-refractivity contribution in [2.45, 2.75) is 13.5 Å². The predicted molar refractivity (Wildman–Crippen MR) is 45.8 cm³/mol. The van der Waals surface area contributed by atoms with Gasteiger partial charge >= 0.3 is 0 Å². The van der Waals surface area contributed by atoms with Crippen molar-refractivity contribution in [1.82, 2.24) is 9.40 Å². The maximum absolute atomic E-state index is 5.83. The Morgan fingerprint density at radius 3 is 3.00 bits per heavy atom. The average molecular weight is 208 g/mol. The van der Waals surface area contributed by atoms with Gasteiger partial charge in [-0.2, -0.15) is 4.42 Å². The molecule has 0 fully saturated rings. The first kappa shape index (κ1) is 8.16. The standard InChI is InChI=1S/C6H7Cl2N3O/c1-4-9-5-2-10(7)3-11(8)6(5)12-4/h2-3H2,1H3. The largest absolute Gasteiger partial charge is 0.424 e. The molecule has 0 atom stereocenters. The molecular weight excluding hydrogens is 201 g/mol. The van der Waals surface area contributed by atoms with Gasteiger partial charge in [-0.25, -0.2) is 9.40 Å². The highest BCUT2D eigenvalue weighted by Gasteiger charge is 2.25. The maximum atomic E-state index is 5.83. The van der Waals surface area contributed by atoms with Crippen molar-refractivity contribution < 1.29 is 4.42 Å². The van der Waals surface area contributed by atoms with Gasteiger partial charge in [-0.15, -0.1) is 0 Å². The smallest absolute Gasteiger partial charge is 0.236 e. The second kappa shape index (κ2) is 2.80. The van der Waals surface area contributed by atoms with E-state index in [0.29, 0.717) is 25.0 Å². The number of oxazole rings is 1.